The fourth-order valence-corrected chi connectivity index (χ4v) is 2.61. The number of aromatic nitrogens is 1. The van der Waals surface area contributed by atoms with E-state index in [2.05, 4.69) is 18.0 Å². The molecule has 0 aliphatic heterocycles. The smallest absolute Gasteiger partial charge is 0.126 e. The molecule has 0 radical (unpaired) electrons. The van der Waals surface area contributed by atoms with Crippen LogP contribution in [-0.4, -0.2) is 11.0 Å². The third-order valence-electron chi connectivity index (χ3n) is 3.49. The molecule has 16 heavy (non-hydrogen) atoms. The van der Waals surface area contributed by atoms with Crippen molar-refractivity contribution < 1.29 is 0 Å². The van der Waals surface area contributed by atoms with Crippen LogP contribution in [0.1, 0.15) is 49.1 Å². The summed E-state index contributed by atoms with van der Waals surface area (Å²) in [7, 11) is 0. The van der Waals surface area contributed by atoms with Crippen LogP contribution in [0.5, 0.6) is 0 Å². The third-order valence-corrected chi connectivity index (χ3v) is 3.49. The Hall–Kier alpha value is -1.09. The van der Waals surface area contributed by atoms with Crippen molar-refractivity contribution in [1.29, 1.82) is 0 Å². The number of hydrogen-bond acceptors (Lipinski definition) is 3. The fraction of sp³-hybridized carbons (Fsp3) is 0.615. The second-order valence-corrected chi connectivity index (χ2v) is 4.96. The molecule has 4 N–H and O–H groups in total. The second kappa shape index (κ2) is 4.83. The number of nitrogen functional groups attached to an aromatic ring is 1. The maximum atomic E-state index is 6.09. The minimum atomic E-state index is 0.326. The van der Waals surface area contributed by atoms with Crippen molar-refractivity contribution in [2.45, 2.75) is 51.0 Å². The summed E-state index contributed by atoms with van der Waals surface area (Å²) < 4.78 is 0. The van der Waals surface area contributed by atoms with Crippen molar-refractivity contribution in [2.24, 2.45) is 5.73 Å². The van der Waals surface area contributed by atoms with E-state index in [1.807, 2.05) is 6.20 Å². The largest absolute Gasteiger partial charge is 0.383 e. The molecule has 0 amide bonds. The van der Waals surface area contributed by atoms with Gasteiger partial charge in [-0.05, 0) is 43.2 Å². The van der Waals surface area contributed by atoms with Crippen molar-refractivity contribution in [1.82, 2.24) is 4.98 Å². The maximum absolute atomic E-state index is 6.09. The van der Waals surface area contributed by atoms with Gasteiger partial charge in [-0.1, -0.05) is 18.9 Å². The quantitative estimate of drug-likeness (QED) is 0.712. The molecule has 1 aromatic rings. The van der Waals surface area contributed by atoms with Crippen LogP contribution < -0.4 is 11.5 Å². The summed E-state index contributed by atoms with van der Waals surface area (Å²) in [5.74, 6) is 1.19. The lowest BCUT2D eigenvalue weighted by Gasteiger charge is -2.19. The highest BCUT2D eigenvalue weighted by Crippen LogP contribution is 2.33. The highest BCUT2D eigenvalue weighted by molar-refractivity contribution is 5.43. The van der Waals surface area contributed by atoms with Crippen molar-refractivity contribution in [2.75, 3.05) is 5.73 Å². The highest BCUT2D eigenvalue weighted by atomic mass is 14.8. The predicted octanol–water partition coefficient (Wildman–Crippen LogP) is 2.35. The van der Waals surface area contributed by atoms with Gasteiger partial charge in [-0.25, -0.2) is 4.98 Å². The summed E-state index contributed by atoms with van der Waals surface area (Å²) in [6.07, 6.45) is 7.73. The zero-order chi connectivity index (χ0) is 11.5. The topological polar surface area (TPSA) is 64.9 Å². The third kappa shape index (κ3) is 2.53. The van der Waals surface area contributed by atoms with Gasteiger partial charge in [-0.3, -0.25) is 0 Å². The summed E-state index contributed by atoms with van der Waals surface area (Å²) in [5, 5.41) is 0. The molecule has 0 saturated heterocycles. The molecule has 1 fully saturated rings. The molecule has 2 unspecified atom stereocenters. The standard InChI is InChI=1S/C13H21N3/c1-9-6-12(13(15)16-8-9)10-4-2-3-5-11(14)7-10/h6,8,10-11H,2-5,7,14H2,1H3,(H2,15,16). The first-order chi connectivity index (χ1) is 7.66. The molecule has 88 valence electrons. The minimum Gasteiger partial charge on any atom is -0.383 e. The second-order valence-electron chi connectivity index (χ2n) is 4.96. The molecule has 1 heterocycles. The van der Waals surface area contributed by atoms with Crippen molar-refractivity contribution >= 4 is 5.82 Å². The normalized spacial score (nSPS) is 26.4. The van der Waals surface area contributed by atoms with E-state index in [4.69, 9.17) is 11.5 Å². The Labute approximate surface area is 97.2 Å². The number of pyridine rings is 1. The van der Waals surface area contributed by atoms with E-state index < -0.39 is 0 Å². The van der Waals surface area contributed by atoms with Crippen LogP contribution in [0.4, 0.5) is 5.82 Å². The van der Waals surface area contributed by atoms with E-state index in [0.717, 1.165) is 12.8 Å². The first-order valence-electron chi connectivity index (χ1n) is 6.14. The van der Waals surface area contributed by atoms with E-state index in [0.29, 0.717) is 17.8 Å². The van der Waals surface area contributed by atoms with Crippen LogP contribution in [0.3, 0.4) is 0 Å². The monoisotopic (exact) mass is 219 g/mol. The van der Waals surface area contributed by atoms with Gasteiger partial charge >= 0.3 is 0 Å². The van der Waals surface area contributed by atoms with E-state index in [-0.39, 0.29) is 0 Å². The number of nitrogens with two attached hydrogens (primary N) is 2. The maximum Gasteiger partial charge on any atom is 0.126 e. The van der Waals surface area contributed by atoms with Gasteiger partial charge in [0.2, 0.25) is 0 Å². The number of anilines is 1. The Morgan fingerprint density at radius 3 is 2.88 bits per heavy atom. The SMILES string of the molecule is Cc1cnc(N)c(C2CCCCC(N)C2)c1. The van der Waals surface area contributed by atoms with Crippen LogP contribution in [0.25, 0.3) is 0 Å². The summed E-state index contributed by atoms with van der Waals surface area (Å²) in [4.78, 5) is 4.25. The van der Waals surface area contributed by atoms with Gasteiger partial charge in [0.1, 0.15) is 5.82 Å². The van der Waals surface area contributed by atoms with Gasteiger partial charge < -0.3 is 11.5 Å². The number of rotatable bonds is 1. The van der Waals surface area contributed by atoms with Crippen LogP contribution >= 0.6 is 0 Å². The number of hydrogen-bond donors (Lipinski definition) is 2. The minimum absolute atomic E-state index is 0.326. The predicted molar refractivity (Wildman–Crippen MR) is 67.2 cm³/mol. The Balaban J connectivity index is 2.24. The molecule has 0 bridgehead atoms. The van der Waals surface area contributed by atoms with Crippen molar-refractivity contribution in [3.05, 3.63) is 23.4 Å². The molecule has 2 atom stereocenters. The average Bonchev–Trinajstić information content (AvgIpc) is 2.46. The lowest BCUT2D eigenvalue weighted by Crippen LogP contribution is -2.21. The van der Waals surface area contributed by atoms with Gasteiger partial charge in [-0.15, -0.1) is 0 Å². The summed E-state index contributed by atoms with van der Waals surface area (Å²) >= 11 is 0. The summed E-state index contributed by atoms with van der Waals surface area (Å²) in [6, 6.07) is 2.50. The van der Waals surface area contributed by atoms with Crippen LogP contribution in [0, 0.1) is 6.92 Å². The van der Waals surface area contributed by atoms with Gasteiger partial charge in [0.15, 0.2) is 0 Å². The van der Waals surface area contributed by atoms with Crippen LogP contribution in [0.15, 0.2) is 12.3 Å². The Bertz CT molecular complexity index is 362. The van der Waals surface area contributed by atoms with E-state index in [1.165, 1.54) is 30.4 Å². The Kier molecular flexibility index (Phi) is 3.44. The molecule has 1 aliphatic rings. The molecular weight excluding hydrogens is 198 g/mol. The molecule has 3 heteroatoms. The number of nitrogens with zero attached hydrogens (tertiary/aromatic N) is 1. The summed E-state index contributed by atoms with van der Waals surface area (Å²) in [6.45, 7) is 2.06. The van der Waals surface area contributed by atoms with Gasteiger partial charge in [0.25, 0.3) is 0 Å². The lowest BCUT2D eigenvalue weighted by atomic mass is 9.90. The highest BCUT2D eigenvalue weighted by Gasteiger charge is 2.21. The molecule has 2 rings (SSSR count). The molecule has 1 saturated carbocycles. The van der Waals surface area contributed by atoms with Crippen molar-refractivity contribution in [3.63, 3.8) is 0 Å². The van der Waals surface area contributed by atoms with E-state index in [9.17, 15) is 0 Å². The van der Waals surface area contributed by atoms with Crippen molar-refractivity contribution in [3.8, 4) is 0 Å². The van der Waals surface area contributed by atoms with Crippen LogP contribution in [0.2, 0.25) is 0 Å². The lowest BCUT2D eigenvalue weighted by molar-refractivity contribution is 0.535. The van der Waals surface area contributed by atoms with Gasteiger partial charge in [0, 0.05) is 12.2 Å². The molecule has 0 spiro atoms. The first-order valence-corrected chi connectivity index (χ1v) is 6.14. The summed E-state index contributed by atoms with van der Waals surface area (Å²) in [5.41, 5.74) is 14.4. The molecule has 1 aliphatic carbocycles. The van der Waals surface area contributed by atoms with E-state index >= 15 is 0 Å². The molecule has 0 aromatic carbocycles. The zero-order valence-corrected chi connectivity index (χ0v) is 9.95. The zero-order valence-electron chi connectivity index (χ0n) is 9.95. The number of aryl methyl sites for hydroxylation is 1. The molecule has 1 aromatic heterocycles. The fourth-order valence-electron chi connectivity index (χ4n) is 2.61. The first kappa shape index (κ1) is 11.4. The molecule has 3 nitrogen and oxygen atoms in total. The Morgan fingerprint density at radius 1 is 1.31 bits per heavy atom. The average molecular weight is 219 g/mol. The van der Waals surface area contributed by atoms with Gasteiger partial charge in [0.05, 0.1) is 0 Å². The Morgan fingerprint density at radius 2 is 2.06 bits per heavy atom. The van der Waals surface area contributed by atoms with Crippen LogP contribution in [-0.2, 0) is 0 Å². The molecular formula is C13H21N3. The van der Waals surface area contributed by atoms with Gasteiger partial charge in [-0.2, -0.15) is 0 Å². The van der Waals surface area contributed by atoms with E-state index in [1.54, 1.807) is 0 Å².